The fraction of sp³-hybridized carbons (Fsp3) is 0.500. The number of hydrogen-bond donors (Lipinski definition) is 2. The maximum absolute atomic E-state index is 5.88. The molecule has 0 aromatic carbocycles. The van der Waals surface area contributed by atoms with Crippen LogP contribution in [0.25, 0.3) is 0 Å². The molecule has 3 rings (SSSR count). The number of nitrogens with two attached hydrogens (primary N) is 1. The van der Waals surface area contributed by atoms with Gasteiger partial charge in [-0.2, -0.15) is 4.37 Å². The van der Waals surface area contributed by atoms with E-state index in [0.29, 0.717) is 11.7 Å². The Morgan fingerprint density at radius 1 is 1.53 bits per heavy atom. The van der Waals surface area contributed by atoms with Gasteiger partial charge in [0, 0.05) is 18.3 Å². The van der Waals surface area contributed by atoms with Gasteiger partial charge < -0.3 is 11.1 Å². The van der Waals surface area contributed by atoms with E-state index in [-0.39, 0.29) is 0 Å². The Kier molecular flexibility index (Phi) is 2.68. The monoisotopic (exact) mass is 250 g/mol. The summed E-state index contributed by atoms with van der Waals surface area (Å²) in [5, 5.41) is 12.2. The van der Waals surface area contributed by atoms with Gasteiger partial charge in [0.25, 0.3) is 0 Å². The first kappa shape index (κ1) is 10.5. The van der Waals surface area contributed by atoms with E-state index in [9.17, 15) is 0 Å². The highest BCUT2D eigenvalue weighted by molar-refractivity contribution is 7.10. The third-order valence-corrected chi connectivity index (χ3v) is 3.67. The van der Waals surface area contributed by atoms with Gasteiger partial charge in [-0.25, -0.2) is 0 Å². The first-order chi connectivity index (χ1) is 8.34. The van der Waals surface area contributed by atoms with Crippen LogP contribution in [-0.4, -0.2) is 25.9 Å². The molecule has 17 heavy (non-hydrogen) atoms. The van der Waals surface area contributed by atoms with Crippen molar-refractivity contribution in [2.24, 2.45) is 0 Å². The van der Waals surface area contributed by atoms with Gasteiger partial charge in [-0.1, -0.05) is 5.21 Å². The second-order valence-corrected chi connectivity index (χ2v) is 4.95. The number of nitrogen functional groups attached to an aromatic ring is 1. The fourth-order valence-electron chi connectivity index (χ4n) is 1.84. The molecule has 7 heteroatoms. The average molecular weight is 250 g/mol. The van der Waals surface area contributed by atoms with Crippen LogP contribution in [0.4, 0.5) is 10.8 Å². The summed E-state index contributed by atoms with van der Waals surface area (Å²) in [6.07, 6.45) is 6.01. The van der Waals surface area contributed by atoms with Gasteiger partial charge in [0.1, 0.15) is 10.8 Å². The maximum Gasteiger partial charge on any atom is 0.142 e. The molecule has 2 aromatic rings. The Hall–Kier alpha value is -1.63. The van der Waals surface area contributed by atoms with Gasteiger partial charge in [-0.15, -0.1) is 5.10 Å². The summed E-state index contributed by atoms with van der Waals surface area (Å²) in [4.78, 5) is 0. The highest BCUT2D eigenvalue weighted by atomic mass is 32.1. The minimum Gasteiger partial charge on any atom is -0.383 e. The summed E-state index contributed by atoms with van der Waals surface area (Å²) < 4.78 is 6.02. The molecule has 1 aliphatic rings. The Balaban J connectivity index is 1.61. The largest absolute Gasteiger partial charge is 0.383 e. The van der Waals surface area contributed by atoms with E-state index in [2.05, 4.69) is 20.0 Å². The molecular weight excluding hydrogens is 236 g/mol. The molecule has 3 N–H and O–H groups in total. The molecule has 0 bridgehead atoms. The van der Waals surface area contributed by atoms with Gasteiger partial charge in [0.05, 0.1) is 12.7 Å². The van der Waals surface area contributed by atoms with Crippen molar-refractivity contribution < 1.29 is 0 Å². The van der Waals surface area contributed by atoms with Gasteiger partial charge in [0.2, 0.25) is 0 Å². The summed E-state index contributed by atoms with van der Waals surface area (Å²) in [5.41, 5.74) is 7.10. The van der Waals surface area contributed by atoms with Crippen molar-refractivity contribution in [3.05, 3.63) is 18.0 Å². The Morgan fingerprint density at radius 2 is 2.41 bits per heavy atom. The quantitative estimate of drug-likeness (QED) is 0.836. The van der Waals surface area contributed by atoms with Crippen LogP contribution in [0.2, 0.25) is 0 Å². The molecule has 2 heterocycles. The summed E-state index contributed by atoms with van der Waals surface area (Å²) in [6.45, 7) is 1.60. The van der Waals surface area contributed by atoms with Gasteiger partial charge >= 0.3 is 0 Å². The molecule has 90 valence electrons. The standard InChI is InChI=1S/C10H14N6S/c11-9-8(7-1-2-7)10(17-14-9)12-3-5-16-6-4-13-15-16/h4,6-7,12H,1-3,5H2,(H2,11,14). The van der Waals surface area contributed by atoms with Crippen molar-refractivity contribution in [2.75, 3.05) is 17.6 Å². The van der Waals surface area contributed by atoms with E-state index in [1.54, 1.807) is 10.9 Å². The van der Waals surface area contributed by atoms with Gasteiger partial charge in [-0.3, -0.25) is 4.68 Å². The van der Waals surface area contributed by atoms with Crippen LogP contribution in [-0.2, 0) is 6.54 Å². The fourth-order valence-corrected chi connectivity index (χ4v) is 2.66. The van der Waals surface area contributed by atoms with E-state index >= 15 is 0 Å². The lowest BCUT2D eigenvalue weighted by Crippen LogP contribution is -2.11. The molecule has 0 amide bonds. The van der Waals surface area contributed by atoms with Crippen molar-refractivity contribution in [2.45, 2.75) is 25.3 Å². The summed E-state index contributed by atoms with van der Waals surface area (Å²) in [6, 6.07) is 0. The molecule has 2 aromatic heterocycles. The highest BCUT2D eigenvalue weighted by Gasteiger charge is 2.30. The highest BCUT2D eigenvalue weighted by Crippen LogP contribution is 2.47. The van der Waals surface area contributed by atoms with Crippen molar-refractivity contribution >= 4 is 22.4 Å². The molecule has 0 unspecified atom stereocenters. The SMILES string of the molecule is Nc1nsc(NCCn2ccnn2)c1C1CC1. The van der Waals surface area contributed by atoms with Crippen molar-refractivity contribution in [3.63, 3.8) is 0 Å². The number of nitrogens with one attached hydrogen (secondary N) is 1. The lowest BCUT2D eigenvalue weighted by molar-refractivity contribution is 0.609. The third-order valence-electron chi connectivity index (χ3n) is 2.84. The molecule has 0 atom stereocenters. The minimum absolute atomic E-state index is 0.627. The lowest BCUT2D eigenvalue weighted by Gasteiger charge is -2.05. The van der Waals surface area contributed by atoms with Gasteiger partial charge in [-0.05, 0) is 30.3 Å². The zero-order valence-corrected chi connectivity index (χ0v) is 10.2. The summed E-state index contributed by atoms with van der Waals surface area (Å²) in [5.74, 6) is 1.32. The van der Waals surface area contributed by atoms with Crippen LogP contribution >= 0.6 is 11.5 Å². The normalized spacial score (nSPS) is 15.1. The maximum atomic E-state index is 5.88. The smallest absolute Gasteiger partial charge is 0.142 e. The van der Waals surface area contributed by atoms with Gasteiger partial charge in [0.15, 0.2) is 0 Å². The predicted molar refractivity (Wildman–Crippen MR) is 67.0 cm³/mol. The molecular formula is C10H14N6S. The van der Waals surface area contributed by atoms with E-state index < -0.39 is 0 Å². The average Bonchev–Trinajstić information content (AvgIpc) is 2.88. The molecule has 0 radical (unpaired) electrons. The van der Waals surface area contributed by atoms with Crippen LogP contribution in [0.3, 0.4) is 0 Å². The zero-order chi connectivity index (χ0) is 11.7. The molecule has 6 nitrogen and oxygen atoms in total. The van der Waals surface area contributed by atoms with Crippen molar-refractivity contribution in [1.82, 2.24) is 19.4 Å². The first-order valence-electron chi connectivity index (χ1n) is 5.67. The number of aromatic nitrogens is 4. The number of nitrogens with zero attached hydrogens (tertiary/aromatic N) is 4. The van der Waals surface area contributed by atoms with Crippen LogP contribution < -0.4 is 11.1 Å². The van der Waals surface area contributed by atoms with Crippen molar-refractivity contribution in [1.29, 1.82) is 0 Å². The molecule has 0 aliphatic heterocycles. The number of hydrogen-bond acceptors (Lipinski definition) is 6. The third kappa shape index (κ3) is 2.23. The Labute approximate surface area is 103 Å². The van der Waals surface area contributed by atoms with Crippen LogP contribution in [0, 0.1) is 0 Å². The molecule has 0 saturated heterocycles. The predicted octanol–water partition coefficient (Wildman–Crippen LogP) is 1.31. The van der Waals surface area contributed by atoms with Crippen molar-refractivity contribution in [3.8, 4) is 0 Å². The zero-order valence-electron chi connectivity index (χ0n) is 9.33. The molecule has 1 aliphatic carbocycles. The summed E-state index contributed by atoms with van der Waals surface area (Å²) >= 11 is 1.45. The van der Waals surface area contributed by atoms with Crippen LogP contribution in [0.1, 0.15) is 24.3 Å². The van der Waals surface area contributed by atoms with E-state index in [1.807, 2.05) is 6.20 Å². The number of anilines is 2. The Morgan fingerprint density at radius 3 is 3.12 bits per heavy atom. The second-order valence-electron chi connectivity index (χ2n) is 4.18. The van der Waals surface area contributed by atoms with Crippen LogP contribution in [0.5, 0.6) is 0 Å². The van der Waals surface area contributed by atoms with E-state index in [0.717, 1.165) is 18.1 Å². The first-order valence-corrected chi connectivity index (χ1v) is 6.45. The van der Waals surface area contributed by atoms with E-state index in [4.69, 9.17) is 5.73 Å². The van der Waals surface area contributed by atoms with Crippen LogP contribution in [0.15, 0.2) is 12.4 Å². The topological polar surface area (TPSA) is 81.6 Å². The molecule has 1 saturated carbocycles. The molecule has 1 fully saturated rings. The second kappa shape index (κ2) is 4.33. The molecule has 0 spiro atoms. The van der Waals surface area contributed by atoms with E-state index in [1.165, 1.54) is 29.9 Å². The number of rotatable bonds is 5. The lowest BCUT2D eigenvalue weighted by atomic mass is 10.2. The minimum atomic E-state index is 0.627. The summed E-state index contributed by atoms with van der Waals surface area (Å²) in [7, 11) is 0. The Bertz CT molecular complexity index is 487.